The molecule has 9 heteroatoms. The van der Waals surface area contributed by atoms with Gasteiger partial charge in [-0.05, 0) is 66.4 Å². The Hall–Kier alpha value is -4.11. The van der Waals surface area contributed by atoms with Crippen molar-refractivity contribution in [1.82, 2.24) is 16.0 Å². The molecule has 0 radical (unpaired) electrons. The number of benzene rings is 3. The van der Waals surface area contributed by atoms with E-state index < -0.39 is 11.8 Å². The fraction of sp³-hybridized carbons (Fsp3) is 0.321. The Morgan fingerprint density at radius 3 is 2.46 bits per heavy atom. The van der Waals surface area contributed by atoms with Crippen molar-refractivity contribution in [1.29, 1.82) is 0 Å². The minimum Gasteiger partial charge on any atom is -0.508 e. The smallest absolute Gasteiger partial charge is 0.255 e. The lowest BCUT2D eigenvalue weighted by Crippen LogP contribution is -2.43. The van der Waals surface area contributed by atoms with Gasteiger partial charge >= 0.3 is 0 Å². The molecule has 9 nitrogen and oxygen atoms in total. The van der Waals surface area contributed by atoms with Gasteiger partial charge in [0.15, 0.2) is 0 Å². The van der Waals surface area contributed by atoms with Crippen LogP contribution in [0, 0.1) is 0 Å². The number of phenols is 1. The van der Waals surface area contributed by atoms with Gasteiger partial charge in [0.1, 0.15) is 11.5 Å². The number of hydrogen-bond donors (Lipinski definition) is 5. The molecular weight excluding hydrogens is 472 g/mol. The van der Waals surface area contributed by atoms with Crippen LogP contribution in [-0.2, 0) is 9.59 Å². The van der Waals surface area contributed by atoms with Gasteiger partial charge in [0, 0.05) is 12.5 Å². The first-order valence-electron chi connectivity index (χ1n) is 12.4. The topological polar surface area (TPSA) is 143 Å². The number of carbonyl (C=O) groups excluding carboxylic acids is 3. The fourth-order valence-electron chi connectivity index (χ4n) is 4.57. The Morgan fingerprint density at radius 1 is 1.00 bits per heavy atom. The number of phenolic OH excluding ortho intramolecular Hbond substituents is 1. The standard InChI is InChI=1S/C28H32N4O5/c29-25(34)17-32-27(35)23-15-19-5-1-2-6-20(19)16-24(23)37-14-4-3-12-31-28(36)26-22(11-13-30-26)18-7-9-21(33)10-8-18/h1-2,5-10,15-16,22,26,30,33H,3-4,11-14,17H2,(H2,29,34)(H,31,36)(H,32,35). The number of rotatable bonds is 11. The fourth-order valence-corrected chi connectivity index (χ4v) is 4.57. The lowest BCUT2D eigenvalue weighted by atomic mass is 9.91. The summed E-state index contributed by atoms with van der Waals surface area (Å²) >= 11 is 0. The summed E-state index contributed by atoms with van der Waals surface area (Å²) in [5.41, 5.74) is 6.51. The number of primary amides is 1. The van der Waals surface area contributed by atoms with E-state index in [2.05, 4.69) is 16.0 Å². The van der Waals surface area contributed by atoms with Crippen LogP contribution in [0.5, 0.6) is 11.5 Å². The van der Waals surface area contributed by atoms with E-state index in [4.69, 9.17) is 10.5 Å². The molecule has 0 bridgehead atoms. The lowest BCUT2D eigenvalue weighted by Gasteiger charge is -2.19. The van der Waals surface area contributed by atoms with Gasteiger partial charge in [0.25, 0.3) is 5.91 Å². The molecule has 194 valence electrons. The number of nitrogens with two attached hydrogens (primary N) is 1. The van der Waals surface area contributed by atoms with Crippen molar-refractivity contribution in [3.05, 3.63) is 71.8 Å². The molecule has 37 heavy (non-hydrogen) atoms. The SMILES string of the molecule is NC(=O)CNC(=O)c1cc2ccccc2cc1OCCCCNC(=O)C1NCCC1c1ccc(O)cc1. The minimum atomic E-state index is -0.624. The number of amides is 3. The summed E-state index contributed by atoms with van der Waals surface area (Å²) in [4.78, 5) is 36.5. The van der Waals surface area contributed by atoms with Gasteiger partial charge in [0.05, 0.1) is 24.8 Å². The van der Waals surface area contributed by atoms with Crippen LogP contribution in [0.4, 0.5) is 0 Å². The number of nitrogens with one attached hydrogen (secondary N) is 3. The average Bonchev–Trinajstić information content (AvgIpc) is 3.39. The van der Waals surface area contributed by atoms with E-state index in [0.717, 1.165) is 29.3 Å². The molecule has 0 aliphatic carbocycles. The molecule has 3 amide bonds. The summed E-state index contributed by atoms with van der Waals surface area (Å²) in [6.45, 7) is 1.38. The zero-order valence-corrected chi connectivity index (χ0v) is 20.5. The van der Waals surface area contributed by atoms with E-state index in [9.17, 15) is 19.5 Å². The van der Waals surface area contributed by atoms with E-state index in [1.807, 2.05) is 42.5 Å². The van der Waals surface area contributed by atoms with Crippen LogP contribution in [0.1, 0.15) is 41.1 Å². The third-order valence-electron chi connectivity index (χ3n) is 6.47. The molecule has 2 atom stereocenters. The Morgan fingerprint density at radius 2 is 1.73 bits per heavy atom. The number of fused-ring (bicyclic) bond motifs is 1. The molecule has 1 aliphatic rings. The van der Waals surface area contributed by atoms with Crippen molar-refractivity contribution in [2.75, 3.05) is 26.2 Å². The molecule has 6 N–H and O–H groups in total. The zero-order chi connectivity index (χ0) is 26.2. The highest BCUT2D eigenvalue weighted by molar-refractivity contribution is 6.02. The van der Waals surface area contributed by atoms with Gasteiger partial charge in [-0.2, -0.15) is 0 Å². The third-order valence-corrected chi connectivity index (χ3v) is 6.47. The van der Waals surface area contributed by atoms with Crippen LogP contribution < -0.4 is 26.4 Å². The van der Waals surface area contributed by atoms with E-state index >= 15 is 0 Å². The summed E-state index contributed by atoms with van der Waals surface area (Å²) in [5.74, 6) is -0.396. The van der Waals surface area contributed by atoms with Gasteiger partial charge in [0.2, 0.25) is 11.8 Å². The summed E-state index contributed by atoms with van der Waals surface area (Å²) in [7, 11) is 0. The van der Waals surface area contributed by atoms with Crippen LogP contribution in [0.3, 0.4) is 0 Å². The summed E-state index contributed by atoms with van der Waals surface area (Å²) in [5, 5.41) is 20.1. The zero-order valence-electron chi connectivity index (χ0n) is 20.5. The van der Waals surface area contributed by atoms with Gasteiger partial charge in [-0.3, -0.25) is 14.4 Å². The molecule has 0 saturated carbocycles. The van der Waals surface area contributed by atoms with Crippen LogP contribution in [-0.4, -0.2) is 55.1 Å². The maximum Gasteiger partial charge on any atom is 0.255 e. The summed E-state index contributed by atoms with van der Waals surface area (Å²) < 4.78 is 5.94. The van der Waals surface area contributed by atoms with E-state index in [-0.39, 0.29) is 30.2 Å². The van der Waals surface area contributed by atoms with E-state index in [0.29, 0.717) is 37.3 Å². The first-order valence-corrected chi connectivity index (χ1v) is 12.4. The van der Waals surface area contributed by atoms with Crippen molar-refractivity contribution < 1.29 is 24.2 Å². The predicted molar refractivity (Wildman–Crippen MR) is 140 cm³/mol. The second-order valence-corrected chi connectivity index (χ2v) is 9.11. The molecule has 4 rings (SSSR count). The van der Waals surface area contributed by atoms with Gasteiger partial charge in [-0.15, -0.1) is 0 Å². The largest absolute Gasteiger partial charge is 0.508 e. The quantitative estimate of drug-likeness (QED) is 0.253. The summed E-state index contributed by atoms with van der Waals surface area (Å²) in [6, 6.07) is 17.9. The highest BCUT2D eigenvalue weighted by Gasteiger charge is 2.33. The minimum absolute atomic E-state index is 0.0422. The predicted octanol–water partition coefficient (Wildman–Crippen LogP) is 2.18. The van der Waals surface area contributed by atoms with Crippen LogP contribution in [0.25, 0.3) is 10.8 Å². The van der Waals surface area contributed by atoms with E-state index in [1.165, 1.54) is 0 Å². The average molecular weight is 505 g/mol. The second kappa shape index (κ2) is 12.2. The number of unbranched alkanes of at least 4 members (excludes halogenated alkanes) is 1. The van der Waals surface area contributed by atoms with Crippen molar-refractivity contribution >= 4 is 28.5 Å². The Kier molecular flexibility index (Phi) is 8.58. The number of aromatic hydroxyl groups is 1. The highest BCUT2D eigenvalue weighted by atomic mass is 16.5. The normalized spacial score (nSPS) is 16.9. The molecule has 3 aromatic rings. The van der Waals surface area contributed by atoms with Crippen LogP contribution in [0.15, 0.2) is 60.7 Å². The molecular formula is C28H32N4O5. The summed E-state index contributed by atoms with van der Waals surface area (Å²) in [6.07, 6.45) is 2.24. The van der Waals surface area contributed by atoms with Crippen molar-refractivity contribution in [2.24, 2.45) is 5.73 Å². The number of carbonyl (C=O) groups is 3. The van der Waals surface area contributed by atoms with Crippen LogP contribution >= 0.6 is 0 Å². The van der Waals surface area contributed by atoms with Crippen molar-refractivity contribution in [2.45, 2.75) is 31.2 Å². The molecule has 0 aromatic heterocycles. The molecule has 0 spiro atoms. The lowest BCUT2D eigenvalue weighted by molar-refractivity contribution is -0.123. The molecule has 1 aliphatic heterocycles. The maximum absolute atomic E-state index is 12.8. The monoisotopic (exact) mass is 504 g/mol. The van der Waals surface area contributed by atoms with Crippen LogP contribution in [0.2, 0.25) is 0 Å². The first-order chi connectivity index (χ1) is 17.9. The van der Waals surface area contributed by atoms with Gasteiger partial charge in [-0.25, -0.2) is 0 Å². The second-order valence-electron chi connectivity index (χ2n) is 9.11. The third kappa shape index (κ3) is 6.77. The number of ether oxygens (including phenoxy) is 1. The van der Waals surface area contributed by atoms with Crippen molar-refractivity contribution in [3.8, 4) is 11.5 Å². The number of hydrogen-bond acceptors (Lipinski definition) is 6. The first kappa shape index (κ1) is 26.0. The Balaban J connectivity index is 1.28. The highest BCUT2D eigenvalue weighted by Crippen LogP contribution is 2.29. The Labute approximate surface area is 215 Å². The van der Waals surface area contributed by atoms with E-state index in [1.54, 1.807) is 18.2 Å². The molecule has 2 unspecified atom stereocenters. The Bertz CT molecular complexity index is 1260. The molecule has 1 heterocycles. The van der Waals surface area contributed by atoms with Crippen molar-refractivity contribution in [3.63, 3.8) is 0 Å². The maximum atomic E-state index is 12.8. The molecule has 1 fully saturated rings. The molecule has 1 saturated heterocycles. The molecule has 3 aromatic carbocycles. The van der Waals surface area contributed by atoms with Gasteiger partial charge in [-0.1, -0.05) is 36.4 Å². The van der Waals surface area contributed by atoms with Gasteiger partial charge < -0.3 is 31.5 Å².